The molecule has 94 valence electrons. The lowest BCUT2D eigenvalue weighted by Crippen LogP contribution is -2.17. The van der Waals surface area contributed by atoms with Crippen molar-refractivity contribution >= 4 is 0 Å². The SMILES string of the molecule is Cc1cc#cc(CCCCCCC(C)(C)O)c1. The van der Waals surface area contributed by atoms with Crippen LogP contribution in [0.4, 0.5) is 0 Å². The summed E-state index contributed by atoms with van der Waals surface area (Å²) in [6.45, 7) is 5.85. The minimum Gasteiger partial charge on any atom is -0.390 e. The van der Waals surface area contributed by atoms with E-state index in [0.717, 1.165) is 19.3 Å². The van der Waals surface area contributed by atoms with Gasteiger partial charge in [0.2, 0.25) is 0 Å². The van der Waals surface area contributed by atoms with E-state index >= 15 is 0 Å². The molecule has 0 heterocycles. The van der Waals surface area contributed by atoms with E-state index in [1.54, 1.807) is 0 Å². The van der Waals surface area contributed by atoms with Gasteiger partial charge in [0.05, 0.1) is 5.60 Å². The molecule has 0 unspecified atom stereocenters. The van der Waals surface area contributed by atoms with E-state index in [0.29, 0.717) is 0 Å². The van der Waals surface area contributed by atoms with E-state index in [9.17, 15) is 5.11 Å². The van der Waals surface area contributed by atoms with Crippen molar-refractivity contribution in [2.24, 2.45) is 0 Å². The quantitative estimate of drug-likeness (QED) is 0.708. The number of hydrogen-bond acceptors (Lipinski definition) is 1. The van der Waals surface area contributed by atoms with Gasteiger partial charge in [-0.25, -0.2) is 0 Å². The van der Waals surface area contributed by atoms with Gasteiger partial charge in [-0.05, 0) is 57.7 Å². The summed E-state index contributed by atoms with van der Waals surface area (Å²) in [5.74, 6) is 0. The van der Waals surface area contributed by atoms with Gasteiger partial charge >= 0.3 is 0 Å². The lowest BCUT2D eigenvalue weighted by atomic mass is 9.99. The van der Waals surface area contributed by atoms with Gasteiger partial charge in [-0.2, -0.15) is 0 Å². The molecule has 0 amide bonds. The molecular formula is C16H24O. The van der Waals surface area contributed by atoms with Crippen LogP contribution in [0.3, 0.4) is 0 Å². The van der Waals surface area contributed by atoms with E-state index in [4.69, 9.17) is 0 Å². The van der Waals surface area contributed by atoms with Crippen molar-refractivity contribution < 1.29 is 5.11 Å². The van der Waals surface area contributed by atoms with Crippen molar-refractivity contribution in [3.8, 4) is 0 Å². The largest absolute Gasteiger partial charge is 0.390 e. The Hall–Kier alpha value is -1.00. The molecule has 1 rings (SSSR count). The van der Waals surface area contributed by atoms with Gasteiger partial charge in [0.1, 0.15) is 0 Å². The maximum absolute atomic E-state index is 9.57. The predicted molar refractivity (Wildman–Crippen MR) is 71.9 cm³/mol. The Balaban J connectivity index is 2.09. The molecule has 0 spiro atoms. The minimum atomic E-state index is -0.501. The molecule has 1 heteroatoms. The highest BCUT2D eigenvalue weighted by Gasteiger charge is 2.10. The molecule has 1 aromatic rings. The third-order valence-corrected chi connectivity index (χ3v) is 2.92. The van der Waals surface area contributed by atoms with Crippen LogP contribution >= 0.6 is 0 Å². The first-order chi connectivity index (χ1) is 7.97. The molecule has 0 aliphatic heterocycles. The van der Waals surface area contributed by atoms with Gasteiger partial charge in [-0.3, -0.25) is 0 Å². The molecule has 17 heavy (non-hydrogen) atoms. The molecular weight excluding hydrogens is 208 g/mol. The zero-order chi connectivity index (χ0) is 12.7. The normalized spacial score (nSPS) is 11.3. The highest BCUT2D eigenvalue weighted by molar-refractivity contribution is 5.16. The van der Waals surface area contributed by atoms with E-state index in [2.05, 4.69) is 25.1 Å². The summed E-state index contributed by atoms with van der Waals surface area (Å²) in [5.41, 5.74) is 2.03. The van der Waals surface area contributed by atoms with E-state index in [-0.39, 0.29) is 0 Å². The topological polar surface area (TPSA) is 20.2 Å². The summed E-state index contributed by atoms with van der Waals surface area (Å²) in [6.07, 6.45) is 6.77. The van der Waals surface area contributed by atoms with Crippen LogP contribution in [0.25, 0.3) is 0 Å². The summed E-state index contributed by atoms with van der Waals surface area (Å²) >= 11 is 0. The Morgan fingerprint density at radius 3 is 2.53 bits per heavy atom. The molecule has 1 N–H and O–H groups in total. The molecule has 1 aromatic carbocycles. The maximum Gasteiger partial charge on any atom is 0.0591 e. The van der Waals surface area contributed by atoms with Crippen molar-refractivity contribution in [2.75, 3.05) is 0 Å². The van der Waals surface area contributed by atoms with E-state index in [1.165, 1.54) is 30.4 Å². The summed E-state index contributed by atoms with van der Waals surface area (Å²) in [7, 11) is 0. The number of hydrogen-bond donors (Lipinski definition) is 1. The fourth-order valence-corrected chi connectivity index (χ4v) is 1.96. The van der Waals surface area contributed by atoms with Crippen LogP contribution in [0.15, 0.2) is 12.1 Å². The number of unbranched alkanes of at least 4 members (excludes halogenated alkanes) is 3. The van der Waals surface area contributed by atoms with Crippen molar-refractivity contribution in [2.45, 2.75) is 64.9 Å². The summed E-state index contributed by atoms with van der Waals surface area (Å²) in [4.78, 5) is 0. The summed E-state index contributed by atoms with van der Waals surface area (Å²) in [5, 5.41) is 9.57. The highest BCUT2D eigenvalue weighted by Crippen LogP contribution is 2.14. The summed E-state index contributed by atoms with van der Waals surface area (Å²) in [6, 6.07) is 10.4. The van der Waals surface area contributed by atoms with E-state index in [1.807, 2.05) is 19.9 Å². The van der Waals surface area contributed by atoms with Crippen LogP contribution in [0.2, 0.25) is 0 Å². The monoisotopic (exact) mass is 232 g/mol. The molecule has 0 saturated heterocycles. The van der Waals surface area contributed by atoms with Crippen LogP contribution in [-0.2, 0) is 6.42 Å². The fourth-order valence-electron chi connectivity index (χ4n) is 1.96. The molecule has 0 aliphatic carbocycles. The van der Waals surface area contributed by atoms with Gasteiger partial charge in [0.25, 0.3) is 0 Å². The third-order valence-electron chi connectivity index (χ3n) is 2.92. The molecule has 0 aliphatic rings. The van der Waals surface area contributed by atoms with Gasteiger partial charge < -0.3 is 5.11 Å². The van der Waals surface area contributed by atoms with Crippen molar-refractivity contribution in [1.82, 2.24) is 0 Å². The number of rotatable bonds is 7. The Morgan fingerprint density at radius 1 is 1.18 bits per heavy atom. The first-order valence-corrected chi connectivity index (χ1v) is 6.59. The molecule has 0 fully saturated rings. The highest BCUT2D eigenvalue weighted by atomic mass is 16.3. The second-order valence-electron chi connectivity index (χ2n) is 5.55. The van der Waals surface area contributed by atoms with Crippen LogP contribution in [0.5, 0.6) is 0 Å². The average molecular weight is 232 g/mol. The second-order valence-corrected chi connectivity index (χ2v) is 5.55. The Kier molecular flexibility index (Phi) is 5.51. The van der Waals surface area contributed by atoms with Gasteiger partial charge in [0.15, 0.2) is 0 Å². The molecule has 1 nitrogen and oxygen atoms in total. The fraction of sp³-hybridized carbons (Fsp3) is 0.625. The number of aliphatic hydroxyl groups is 1. The first kappa shape index (κ1) is 14.1. The summed E-state index contributed by atoms with van der Waals surface area (Å²) < 4.78 is 0. The Labute approximate surface area is 106 Å². The average Bonchev–Trinajstić information content (AvgIpc) is 2.22. The first-order valence-electron chi connectivity index (χ1n) is 6.59. The minimum absolute atomic E-state index is 0.501. The third kappa shape index (κ3) is 7.02. The van der Waals surface area contributed by atoms with E-state index < -0.39 is 5.60 Å². The standard InChI is InChI=1S/C16H24O/c1-14-9-8-11-15(13-14)10-6-4-5-7-12-16(2,3)17/h9,13,17H,4-7,10,12H2,1-3H3. The lowest BCUT2D eigenvalue weighted by Gasteiger charge is -2.16. The zero-order valence-electron chi connectivity index (χ0n) is 11.3. The van der Waals surface area contributed by atoms with Gasteiger partial charge in [0, 0.05) is 5.56 Å². The van der Waals surface area contributed by atoms with Crippen molar-refractivity contribution in [3.05, 3.63) is 35.4 Å². The van der Waals surface area contributed by atoms with Crippen molar-refractivity contribution in [3.63, 3.8) is 0 Å². The predicted octanol–water partition coefficient (Wildman–Crippen LogP) is 3.86. The van der Waals surface area contributed by atoms with Crippen LogP contribution in [-0.4, -0.2) is 10.7 Å². The van der Waals surface area contributed by atoms with Crippen LogP contribution in [0.1, 0.15) is 57.1 Å². The lowest BCUT2D eigenvalue weighted by molar-refractivity contribution is 0.0680. The molecule has 0 aromatic heterocycles. The Morgan fingerprint density at radius 2 is 1.88 bits per heavy atom. The molecule has 0 bridgehead atoms. The molecule has 0 saturated carbocycles. The van der Waals surface area contributed by atoms with Gasteiger partial charge in [-0.15, -0.1) is 0 Å². The molecule has 0 atom stereocenters. The maximum atomic E-state index is 9.57. The molecule has 0 radical (unpaired) electrons. The van der Waals surface area contributed by atoms with Crippen LogP contribution < -0.4 is 0 Å². The Bertz CT molecular complexity index is 323. The van der Waals surface area contributed by atoms with Crippen molar-refractivity contribution in [1.29, 1.82) is 0 Å². The smallest absolute Gasteiger partial charge is 0.0591 e. The zero-order valence-corrected chi connectivity index (χ0v) is 11.3. The second kappa shape index (κ2) is 6.67. The number of aryl methyl sites for hydroxylation is 2. The van der Waals surface area contributed by atoms with Gasteiger partial charge in [-0.1, -0.05) is 31.4 Å². The van der Waals surface area contributed by atoms with Crippen LogP contribution in [0, 0.1) is 19.1 Å².